The first-order valence-electron chi connectivity index (χ1n) is 6.98. The average Bonchev–Trinajstić information content (AvgIpc) is 2.61. The minimum Gasteiger partial charge on any atom is -0.344 e. The molecule has 0 unspecified atom stereocenters. The number of nitrogens with zero attached hydrogens (tertiary/aromatic N) is 1. The van der Waals surface area contributed by atoms with Crippen molar-refractivity contribution in [2.24, 2.45) is 5.10 Å². The van der Waals surface area contributed by atoms with Gasteiger partial charge in [0.25, 0.3) is 0 Å². The van der Waals surface area contributed by atoms with E-state index < -0.39 is 11.8 Å². The largest absolute Gasteiger partial charge is 0.344 e. The summed E-state index contributed by atoms with van der Waals surface area (Å²) < 4.78 is 0. The predicted octanol–water partition coefficient (Wildman–Crippen LogP) is 2.17. The number of hydrogen-bond donors (Lipinski definition) is 2. The van der Waals surface area contributed by atoms with Gasteiger partial charge in [0.05, 0.1) is 6.21 Å². The zero-order chi connectivity index (χ0) is 16.5. The molecule has 0 aliphatic heterocycles. The van der Waals surface area contributed by atoms with Gasteiger partial charge < -0.3 is 5.32 Å². The van der Waals surface area contributed by atoms with Gasteiger partial charge in [-0.25, -0.2) is 5.43 Å². The number of rotatable bonds is 5. The van der Waals surface area contributed by atoms with Crippen molar-refractivity contribution in [3.63, 3.8) is 0 Å². The molecule has 2 N–H and O–H groups in total. The van der Waals surface area contributed by atoms with Crippen LogP contribution in [-0.4, -0.2) is 24.3 Å². The fourth-order valence-corrected chi connectivity index (χ4v) is 2.17. The molecule has 0 aromatic heterocycles. The first kappa shape index (κ1) is 16.8. The molecule has 0 radical (unpaired) electrons. The average molecular weight is 327 g/mol. The molecule has 5 nitrogen and oxygen atoms in total. The van der Waals surface area contributed by atoms with Crippen molar-refractivity contribution in [1.82, 2.24) is 10.7 Å². The van der Waals surface area contributed by atoms with Crippen LogP contribution in [0, 0.1) is 0 Å². The Hall–Kier alpha value is -2.60. The van der Waals surface area contributed by atoms with Crippen LogP contribution in [0.2, 0.25) is 0 Å². The molecule has 0 aliphatic carbocycles. The lowest BCUT2D eigenvalue weighted by Crippen LogP contribution is -2.37. The molecule has 23 heavy (non-hydrogen) atoms. The maximum Gasteiger partial charge on any atom is 0.329 e. The van der Waals surface area contributed by atoms with E-state index in [1.165, 1.54) is 6.21 Å². The van der Waals surface area contributed by atoms with Crippen molar-refractivity contribution >= 4 is 29.8 Å². The van der Waals surface area contributed by atoms with Crippen molar-refractivity contribution in [3.05, 3.63) is 65.7 Å². The molecule has 118 valence electrons. The summed E-state index contributed by atoms with van der Waals surface area (Å²) in [7, 11) is 0. The molecule has 0 spiro atoms. The number of hydrogen-bond acceptors (Lipinski definition) is 4. The molecular weight excluding hydrogens is 310 g/mol. The van der Waals surface area contributed by atoms with Crippen LogP contribution in [0.25, 0.3) is 0 Å². The van der Waals surface area contributed by atoms with E-state index in [4.69, 9.17) is 0 Å². The smallest absolute Gasteiger partial charge is 0.329 e. The standard InChI is InChI=1S/C17H17N3O2S/c1-23-15-9-7-14(8-10-15)12-19-20-17(22)16(21)18-11-13-5-3-2-4-6-13/h2-10,12H,11H2,1H3,(H,18,21)(H,20,22)/b19-12+. The minimum absolute atomic E-state index is 0.299. The Morgan fingerprint density at radius 1 is 1.04 bits per heavy atom. The molecule has 0 bridgehead atoms. The monoisotopic (exact) mass is 327 g/mol. The number of carbonyl (C=O) groups is 2. The van der Waals surface area contributed by atoms with Crippen molar-refractivity contribution in [2.45, 2.75) is 11.4 Å². The molecule has 0 saturated heterocycles. The highest BCUT2D eigenvalue weighted by molar-refractivity contribution is 7.98. The molecule has 0 saturated carbocycles. The topological polar surface area (TPSA) is 70.6 Å². The van der Waals surface area contributed by atoms with Crippen LogP contribution >= 0.6 is 11.8 Å². The van der Waals surface area contributed by atoms with E-state index in [1.807, 2.05) is 60.9 Å². The third-order valence-corrected chi connectivity index (χ3v) is 3.74. The number of carbonyl (C=O) groups excluding carboxylic acids is 2. The minimum atomic E-state index is -0.794. The molecule has 2 aromatic rings. The second-order valence-corrected chi connectivity index (χ2v) is 5.52. The van der Waals surface area contributed by atoms with E-state index in [2.05, 4.69) is 15.8 Å². The molecule has 2 rings (SSSR count). The van der Waals surface area contributed by atoms with Gasteiger partial charge >= 0.3 is 11.8 Å². The van der Waals surface area contributed by atoms with Crippen molar-refractivity contribution in [1.29, 1.82) is 0 Å². The number of benzene rings is 2. The van der Waals surface area contributed by atoms with Gasteiger partial charge in [-0.05, 0) is 29.5 Å². The number of thioether (sulfide) groups is 1. The number of hydrazone groups is 1. The van der Waals surface area contributed by atoms with Gasteiger partial charge in [-0.3, -0.25) is 9.59 Å². The van der Waals surface area contributed by atoms with Gasteiger partial charge in [-0.15, -0.1) is 11.8 Å². The Morgan fingerprint density at radius 2 is 1.74 bits per heavy atom. The van der Waals surface area contributed by atoms with E-state index in [1.54, 1.807) is 11.8 Å². The van der Waals surface area contributed by atoms with Gasteiger partial charge in [-0.1, -0.05) is 42.5 Å². The van der Waals surface area contributed by atoms with Crippen LogP contribution < -0.4 is 10.7 Å². The highest BCUT2D eigenvalue weighted by Crippen LogP contribution is 2.13. The quantitative estimate of drug-likeness (QED) is 0.383. The maximum absolute atomic E-state index is 11.6. The SMILES string of the molecule is CSc1ccc(/C=N/NC(=O)C(=O)NCc2ccccc2)cc1. The fourth-order valence-electron chi connectivity index (χ4n) is 1.76. The van der Waals surface area contributed by atoms with Gasteiger partial charge in [0.2, 0.25) is 0 Å². The van der Waals surface area contributed by atoms with Crippen molar-refractivity contribution in [2.75, 3.05) is 6.26 Å². The third-order valence-electron chi connectivity index (χ3n) is 3.00. The van der Waals surface area contributed by atoms with Gasteiger partial charge in [0, 0.05) is 11.4 Å². The summed E-state index contributed by atoms with van der Waals surface area (Å²) >= 11 is 1.65. The number of nitrogens with one attached hydrogen (secondary N) is 2. The van der Waals surface area contributed by atoms with E-state index in [-0.39, 0.29) is 0 Å². The fraction of sp³-hybridized carbons (Fsp3) is 0.118. The Morgan fingerprint density at radius 3 is 2.39 bits per heavy atom. The summed E-state index contributed by atoms with van der Waals surface area (Å²) in [5, 5.41) is 6.32. The summed E-state index contributed by atoms with van der Waals surface area (Å²) in [6.45, 7) is 0.299. The summed E-state index contributed by atoms with van der Waals surface area (Å²) in [4.78, 5) is 24.4. The van der Waals surface area contributed by atoms with Crippen molar-refractivity contribution < 1.29 is 9.59 Å². The Bertz CT molecular complexity index is 685. The lowest BCUT2D eigenvalue weighted by atomic mass is 10.2. The summed E-state index contributed by atoms with van der Waals surface area (Å²) in [5.41, 5.74) is 3.97. The zero-order valence-corrected chi connectivity index (χ0v) is 13.5. The maximum atomic E-state index is 11.6. The van der Waals surface area contributed by atoms with E-state index >= 15 is 0 Å². The lowest BCUT2D eigenvalue weighted by Gasteiger charge is -2.03. The van der Waals surface area contributed by atoms with Gasteiger partial charge in [0.15, 0.2) is 0 Å². The summed E-state index contributed by atoms with van der Waals surface area (Å²) in [6.07, 6.45) is 3.49. The molecule has 2 aromatic carbocycles. The molecular formula is C17H17N3O2S. The second kappa shape index (κ2) is 8.75. The van der Waals surface area contributed by atoms with Crippen molar-refractivity contribution in [3.8, 4) is 0 Å². The highest BCUT2D eigenvalue weighted by Gasteiger charge is 2.11. The van der Waals surface area contributed by atoms with Gasteiger partial charge in [0.1, 0.15) is 0 Å². The molecule has 2 amide bonds. The van der Waals surface area contributed by atoms with Crippen LogP contribution in [0.1, 0.15) is 11.1 Å². The predicted molar refractivity (Wildman–Crippen MR) is 92.2 cm³/mol. The summed E-state index contributed by atoms with van der Waals surface area (Å²) in [6, 6.07) is 17.1. The number of amides is 2. The molecule has 0 aliphatic rings. The van der Waals surface area contributed by atoms with Crippen LogP contribution in [0.3, 0.4) is 0 Å². The van der Waals surface area contributed by atoms with E-state index in [9.17, 15) is 9.59 Å². The highest BCUT2D eigenvalue weighted by atomic mass is 32.2. The normalized spacial score (nSPS) is 10.5. The van der Waals surface area contributed by atoms with Crippen LogP contribution in [-0.2, 0) is 16.1 Å². The molecule has 0 fully saturated rings. The second-order valence-electron chi connectivity index (χ2n) is 4.64. The molecule has 6 heteroatoms. The van der Waals surface area contributed by atoms with E-state index in [0.29, 0.717) is 6.54 Å². The van der Waals surface area contributed by atoms with Gasteiger partial charge in [-0.2, -0.15) is 5.10 Å². The first-order valence-corrected chi connectivity index (χ1v) is 8.21. The molecule has 0 atom stereocenters. The third kappa shape index (κ3) is 5.60. The van der Waals surface area contributed by atoms with Crippen LogP contribution in [0.5, 0.6) is 0 Å². The Labute approximate surface area is 139 Å². The lowest BCUT2D eigenvalue weighted by molar-refractivity contribution is -0.139. The van der Waals surface area contributed by atoms with Crippen LogP contribution in [0.4, 0.5) is 0 Å². The zero-order valence-electron chi connectivity index (χ0n) is 12.7. The Balaban J connectivity index is 1.79. The molecule has 0 heterocycles. The Kier molecular flexibility index (Phi) is 6.38. The van der Waals surface area contributed by atoms with E-state index in [0.717, 1.165) is 16.0 Å². The first-order chi connectivity index (χ1) is 11.2. The summed E-state index contributed by atoms with van der Waals surface area (Å²) in [5.74, 6) is -1.51. The van der Waals surface area contributed by atoms with Crippen LogP contribution in [0.15, 0.2) is 64.6 Å².